The molecule has 2 N–H and O–H groups in total. The lowest BCUT2D eigenvalue weighted by Crippen LogP contribution is -2.52. The minimum atomic E-state index is -0.387. The molecule has 0 saturated carbocycles. The van der Waals surface area contributed by atoms with Crippen molar-refractivity contribution < 1.29 is 4.79 Å². The summed E-state index contributed by atoms with van der Waals surface area (Å²) in [5, 5.41) is 9.30. The summed E-state index contributed by atoms with van der Waals surface area (Å²) in [6, 6.07) is 0. The average Bonchev–Trinajstić information content (AvgIpc) is 2.62. The first kappa shape index (κ1) is 19.6. The zero-order chi connectivity index (χ0) is 13.3. The van der Waals surface area contributed by atoms with Crippen LogP contribution in [0.4, 0.5) is 0 Å². The topological polar surface area (TPSA) is 54.0 Å². The van der Waals surface area contributed by atoms with Gasteiger partial charge in [0, 0.05) is 17.0 Å². The van der Waals surface area contributed by atoms with Crippen molar-refractivity contribution >= 4 is 42.1 Å². The van der Waals surface area contributed by atoms with Crippen LogP contribution < -0.4 is 10.6 Å². The van der Waals surface area contributed by atoms with Crippen molar-refractivity contribution in [3.8, 4) is 0 Å². The molecule has 2 rings (SSSR count). The van der Waals surface area contributed by atoms with Crippen LogP contribution in [0.1, 0.15) is 31.5 Å². The highest BCUT2D eigenvalue weighted by Gasteiger charge is 2.33. The van der Waals surface area contributed by atoms with Gasteiger partial charge in [-0.05, 0) is 39.8 Å². The van der Waals surface area contributed by atoms with Crippen LogP contribution in [0.3, 0.4) is 0 Å². The lowest BCUT2D eigenvalue weighted by atomic mass is 9.87. The molecule has 1 atom stereocenters. The number of aromatic nitrogens is 1. The van der Waals surface area contributed by atoms with Crippen LogP contribution >= 0.6 is 36.2 Å². The summed E-state index contributed by atoms with van der Waals surface area (Å²) in [6.45, 7) is 9.89. The molecule has 1 fully saturated rings. The fraction of sp³-hybridized carbons (Fsp3) is 0.692. The predicted octanol–water partition coefficient (Wildman–Crippen LogP) is 2.50. The van der Waals surface area contributed by atoms with Gasteiger partial charge >= 0.3 is 0 Å². The third kappa shape index (κ3) is 4.32. The van der Waals surface area contributed by atoms with Crippen LogP contribution in [0.5, 0.6) is 0 Å². The Kier molecular flexibility index (Phi) is 7.46. The first-order chi connectivity index (χ1) is 8.40. The van der Waals surface area contributed by atoms with Gasteiger partial charge in [0.15, 0.2) is 0 Å². The number of rotatable bonds is 4. The number of amides is 1. The van der Waals surface area contributed by atoms with E-state index in [0.717, 1.165) is 23.8 Å². The van der Waals surface area contributed by atoms with E-state index in [4.69, 9.17) is 0 Å². The fourth-order valence-corrected chi connectivity index (χ4v) is 2.87. The zero-order valence-electron chi connectivity index (χ0n) is 12.2. The van der Waals surface area contributed by atoms with Gasteiger partial charge in [-0.1, -0.05) is 6.92 Å². The van der Waals surface area contributed by atoms with Crippen molar-refractivity contribution in [1.29, 1.82) is 0 Å². The molecule has 1 unspecified atom stereocenters. The SMILES string of the molecule is Cc1csc(C(C)(C)NC(=O)C(C)C2CNC2)n1.Cl.Cl. The minimum absolute atomic E-state index is 0. The number of nitrogens with one attached hydrogen (secondary N) is 2. The summed E-state index contributed by atoms with van der Waals surface area (Å²) in [5.41, 5.74) is 0.620. The molecule has 0 aromatic carbocycles. The van der Waals surface area contributed by atoms with Gasteiger partial charge in [0.1, 0.15) is 5.01 Å². The highest BCUT2D eigenvalue weighted by Crippen LogP contribution is 2.25. The molecular formula is C13H23Cl2N3OS. The Hall–Kier alpha value is -0.360. The van der Waals surface area contributed by atoms with E-state index in [1.165, 1.54) is 0 Å². The van der Waals surface area contributed by atoms with E-state index in [2.05, 4.69) is 15.6 Å². The van der Waals surface area contributed by atoms with E-state index < -0.39 is 0 Å². The van der Waals surface area contributed by atoms with Gasteiger partial charge in [0.05, 0.1) is 5.54 Å². The third-order valence-electron chi connectivity index (χ3n) is 3.52. The number of carbonyl (C=O) groups is 1. The van der Waals surface area contributed by atoms with Gasteiger partial charge in [0.25, 0.3) is 0 Å². The quantitative estimate of drug-likeness (QED) is 0.886. The van der Waals surface area contributed by atoms with Crippen LogP contribution in [0.15, 0.2) is 5.38 Å². The number of hydrogen-bond donors (Lipinski definition) is 2. The maximum absolute atomic E-state index is 12.2. The minimum Gasteiger partial charge on any atom is -0.344 e. The van der Waals surface area contributed by atoms with Gasteiger partial charge in [-0.3, -0.25) is 4.79 Å². The van der Waals surface area contributed by atoms with Crippen molar-refractivity contribution in [3.63, 3.8) is 0 Å². The predicted molar refractivity (Wildman–Crippen MR) is 88.0 cm³/mol. The molecule has 1 aliphatic rings. The average molecular weight is 340 g/mol. The van der Waals surface area contributed by atoms with Crippen LogP contribution in [0, 0.1) is 18.8 Å². The summed E-state index contributed by atoms with van der Waals surface area (Å²) >= 11 is 1.60. The first-order valence-electron chi connectivity index (χ1n) is 6.35. The Morgan fingerprint density at radius 1 is 1.50 bits per heavy atom. The Balaban J connectivity index is 0.00000180. The molecule has 1 amide bonds. The van der Waals surface area contributed by atoms with Gasteiger partial charge in [-0.2, -0.15) is 0 Å². The molecular weight excluding hydrogens is 317 g/mol. The maximum atomic E-state index is 12.2. The summed E-state index contributed by atoms with van der Waals surface area (Å²) < 4.78 is 0. The molecule has 2 heterocycles. The number of carbonyl (C=O) groups excluding carboxylic acids is 1. The molecule has 7 heteroatoms. The van der Waals surface area contributed by atoms with Crippen LogP contribution in [-0.4, -0.2) is 24.0 Å². The zero-order valence-corrected chi connectivity index (χ0v) is 14.7. The molecule has 1 aromatic heterocycles. The van der Waals surface area contributed by atoms with Crippen LogP contribution in [0.2, 0.25) is 0 Å². The summed E-state index contributed by atoms with van der Waals surface area (Å²) in [5.74, 6) is 0.657. The molecule has 0 aliphatic carbocycles. The molecule has 4 nitrogen and oxygen atoms in total. The second kappa shape index (κ2) is 7.59. The monoisotopic (exact) mass is 339 g/mol. The largest absolute Gasteiger partial charge is 0.344 e. The highest BCUT2D eigenvalue weighted by molar-refractivity contribution is 7.09. The molecule has 1 saturated heterocycles. The van der Waals surface area contributed by atoms with Crippen LogP contribution in [-0.2, 0) is 10.3 Å². The molecule has 0 spiro atoms. The molecule has 1 aromatic rings. The number of thiazole rings is 1. The Bertz CT molecular complexity index is 447. The molecule has 0 bridgehead atoms. The molecule has 0 radical (unpaired) electrons. The van der Waals surface area contributed by atoms with Crippen molar-refractivity contribution in [2.45, 2.75) is 33.2 Å². The standard InChI is InChI=1S/C13H21N3OS.2ClH/c1-8-7-18-12(15-8)13(3,4)16-11(17)9(2)10-5-14-6-10;;/h7,9-10,14H,5-6H2,1-4H3,(H,16,17);2*1H. The van der Waals surface area contributed by atoms with Crippen LogP contribution in [0.25, 0.3) is 0 Å². The van der Waals surface area contributed by atoms with Gasteiger partial charge in [-0.25, -0.2) is 4.98 Å². The number of nitrogens with zero attached hydrogens (tertiary/aromatic N) is 1. The Morgan fingerprint density at radius 2 is 2.10 bits per heavy atom. The second-order valence-electron chi connectivity index (χ2n) is 5.62. The first-order valence-corrected chi connectivity index (χ1v) is 7.23. The summed E-state index contributed by atoms with van der Waals surface area (Å²) in [6.07, 6.45) is 0. The second-order valence-corrected chi connectivity index (χ2v) is 6.47. The van der Waals surface area contributed by atoms with E-state index in [-0.39, 0.29) is 42.2 Å². The van der Waals surface area contributed by atoms with Crippen molar-refractivity contribution in [2.75, 3.05) is 13.1 Å². The maximum Gasteiger partial charge on any atom is 0.223 e. The lowest BCUT2D eigenvalue weighted by molar-refractivity contribution is -0.128. The molecule has 1 aliphatic heterocycles. The number of halogens is 2. The van der Waals surface area contributed by atoms with Gasteiger partial charge in [-0.15, -0.1) is 36.2 Å². The van der Waals surface area contributed by atoms with Gasteiger partial charge in [0.2, 0.25) is 5.91 Å². The highest BCUT2D eigenvalue weighted by atomic mass is 35.5. The lowest BCUT2D eigenvalue weighted by Gasteiger charge is -2.34. The van der Waals surface area contributed by atoms with E-state index in [9.17, 15) is 4.79 Å². The van der Waals surface area contributed by atoms with Crippen molar-refractivity contribution in [3.05, 3.63) is 16.1 Å². The van der Waals surface area contributed by atoms with E-state index >= 15 is 0 Å². The van der Waals surface area contributed by atoms with E-state index in [1.54, 1.807) is 11.3 Å². The number of hydrogen-bond acceptors (Lipinski definition) is 4. The Morgan fingerprint density at radius 3 is 2.50 bits per heavy atom. The van der Waals surface area contributed by atoms with Crippen molar-refractivity contribution in [2.24, 2.45) is 11.8 Å². The Labute approximate surface area is 137 Å². The molecule has 20 heavy (non-hydrogen) atoms. The van der Waals surface area contributed by atoms with E-state index in [1.807, 2.05) is 33.1 Å². The fourth-order valence-electron chi connectivity index (χ4n) is 1.99. The smallest absolute Gasteiger partial charge is 0.223 e. The number of aryl methyl sites for hydroxylation is 1. The van der Waals surface area contributed by atoms with Gasteiger partial charge < -0.3 is 10.6 Å². The summed E-state index contributed by atoms with van der Waals surface area (Å²) in [7, 11) is 0. The summed E-state index contributed by atoms with van der Waals surface area (Å²) in [4.78, 5) is 16.7. The van der Waals surface area contributed by atoms with E-state index in [0.29, 0.717) is 5.92 Å². The third-order valence-corrected chi connectivity index (χ3v) is 4.81. The molecule has 116 valence electrons. The van der Waals surface area contributed by atoms with Crippen molar-refractivity contribution in [1.82, 2.24) is 15.6 Å². The normalized spacial score (nSPS) is 16.4.